The van der Waals surface area contributed by atoms with Gasteiger partial charge in [0.1, 0.15) is 0 Å². The minimum atomic E-state index is 0.956. The van der Waals surface area contributed by atoms with Crippen molar-refractivity contribution in [2.24, 2.45) is 0 Å². The van der Waals surface area contributed by atoms with E-state index in [1.54, 1.807) is 0 Å². The zero-order valence-electron chi connectivity index (χ0n) is 8.35. The molecule has 2 atom stereocenters. The number of hydrogen-bond acceptors (Lipinski definition) is 1. The van der Waals surface area contributed by atoms with Crippen LogP contribution in [-0.2, 0) is 6.16 Å². The second-order valence-electron chi connectivity index (χ2n) is 3.38. The minimum absolute atomic E-state index is 0.956. The van der Waals surface area contributed by atoms with E-state index in [4.69, 9.17) is 0 Å². The number of rotatable bonds is 2. The smallest absolute Gasteiger partial charge is 0.0702 e. The normalized spacial score (nSPS) is 10.3. The average molecular weight is 233 g/mol. The Morgan fingerprint density at radius 3 is 2.27 bits per heavy atom. The molecule has 1 heterocycles. The quantitative estimate of drug-likeness (QED) is 0.726. The predicted molar refractivity (Wildman–Crippen MR) is 72.4 cm³/mol. The van der Waals surface area contributed by atoms with Crippen molar-refractivity contribution in [2.75, 3.05) is 0 Å². The molecule has 0 amide bonds. The summed E-state index contributed by atoms with van der Waals surface area (Å²) in [5, 5.41) is 1.19. The Morgan fingerprint density at radius 1 is 1.00 bits per heavy atom. The summed E-state index contributed by atoms with van der Waals surface area (Å²) >= 11 is 0. The van der Waals surface area contributed by atoms with Crippen LogP contribution in [0.3, 0.4) is 0 Å². The van der Waals surface area contributed by atoms with E-state index in [2.05, 4.69) is 59.9 Å². The highest BCUT2D eigenvalue weighted by molar-refractivity contribution is 7.27. The third-order valence-corrected chi connectivity index (χ3v) is 3.12. The molecule has 1 aromatic heterocycles. The lowest BCUT2D eigenvalue weighted by molar-refractivity contribution is 1.25. The lowest BCUT2D eigenvalue weighted by atomic mass is 10.1. The Bertz CT molecular complexity index is 434. The highest BCUT2D eigenvalue weighted by Gasteiger charge is 1.98. The maximum Gasteiger partial charge on any atom is 0.0702 e. The van der Waals surface area contributed by atoms with Gasteiger partial charge in [-0.15, -0.1) is 18.5 Å². The molecule has 0 aliphatic carbocycles. The summed E-state index contributed by atoms with van der Waals surface area (Å²) in [7, 11) is 5.38. The van der Waals surface area contributed by atoms with Crippen molar-refractivity contribution in [1.29, 1.82) is 0 Å². The van der Waals surface area contributed by atoms with E-state index in [0.717, 1.165) is 17.4 Å². The van der Waals surface area contributed by atoms with Crippen LogP contribution in [0.25, 0.3) is 11.3 Å². The Morgan fingerprint density at radius 2 is 1.73 bits per heavy atom. The molecule has 0 fully saturated rings. The van der Waals surface area contributed by atoms with Gasteiger partial charge < -0.3 is 0 Å². The molecule has 0 radical (unpaired) electrons. The number of nitrogens with zero attached hydrogens (tertiary/aromatic N) is 1. The highest BCUT2D eigenvalue weighted by Crippen LogP contribution is 2.16. The average Bonchev–Trinajstić information content (AvgIpc) is 2.30. The van der Waals surface area contributed by atoms with Gasteiger partial charge in [-0.05, 0) is 23.1 Å². The standard InChI is InChI=1S/C12H13NP2/c14-8-9-1-6-12(13-7-9)10-2-4-11(15)5-3-10/h1-7H,8,14-15H2. The van der Waals surface area contributed by atoms with Gasteiger partial charge in [0.25, 0.3) is 0 Å². The van der Waals surface area contributed by atoms with Gasteiger partial charge in [0.05, 0.1) is 5.69 Å². The Balaban J connectivity index is 2.33. The van der Waals surface area contributed by atoms with Crippen LogP contribution in [0.1, 0.15) is 5.56 Å². The molecule has 76 valence electrons. The lowest BCUT2D eigenvalue weighted by Crippen LogP contribution is -1.90. The fourth-order valence-corrected chi connectivity index (χ4v) is 1.80. The van der Waals surface area contributed by atoms with Crippen LogP contribution in [0, 0.1) is 0 Å². The van der Waals surface area contributed by atoms with Crippen molar-refractivity contribution in [3.63, 3.8) is 0 Å². The first kappa shape index (κ1) is 10.7. The molecule has 2 unspecified atom stereocenters. The molecular weight excluding hydrogens is 220 g/mol. The third-order valence-electron chi connectivity index (χ3n) is 2.27. The van der Waals surface area contributed by atoms with Gasteiger partial charge >= 0.3 is 0 Å². The molecule has 0 N–H and O–H groups in total. The van der Waals surface area contributed by atoms with E-state index in [0.29, 0.717) is 0 Å². The van der Waals surface area contributed by atoms with Crippen LogP contribution in [0.15, 0.2) is 42.6 Å². The Hall–Kier alpha value is -0.770. The first-order valence-corrected chi connectivity index (χ1v) is 6.20. The van der Waals surface area contributed by atoms with E-state index in [9.17, 15) is 0 Å². The summed E-state index contributed by atoms with van der Waals surface area (Å²) < 4.78 is 0. The largest absolute Gasteiger partial charge is 0.256 e. The van der Waals surface area contributed by atoms with Crippen molar-refractivity contribution in [2.45, 2.75) is 6.16 Å². The summed E-state index contributed by atoms with van der Waals surface area (Å²) in [5.41, 5.74) is 3.44. The number of hydrogen-bond donors (Lipinski definition) is 0. The van der Waals surface area contributed by atoms with E-state index in [1.807, 2.05) is 6.20 Å². The molecule has 0 saturated carbocycles. The fraction of sp³-hybridized carbons (Fsp3) is 0.0833. The van der Waals surface area contributed by atoms with Crippen molar-refractivity contribution in [1.82, 2.24) is 4.98 Å². The van der Waals surface area contributed by atoms with Crippen molar-refractivity contribution >= 4 is 23.8 Å². The van der Waals surface area contributed by atoms with Gasteiger partial charge in [0.2, 0.25) is 0 Å². The van der Waals surface area contributed by atoms with Crippen LogP contribution in [-0.4, -0.2) is 4.98 Å². The lowest BCUT2D eigenvalue weighted by Gasteiger charge is -2.02. The first-order valence-electron chi connectivity index (χ1n) is 4.80. The third kappa shape index (κ3) is 2.62. The van der Waals surface area contributed by atoms with E-state index in [-0.39, 0.29) is 0 Å². The summed E-state index contributed by atoms with van der Waals surface area (Å²) in [4.78, 5) is 4.43. The molecule has 0 aliphatic rings. The number of aromatic nitrogens is 1. The first-order chi connectivity index (χ1) is 7.29. The van der Waals surface area contributed by atoms with Gasteiger partial charge in [0.15, 0.2) is 0 Å². The van der Waals surface area contributed by atoms with Crippen molar-refractivity contribution < 1.29 is 0 Å². The van der Waals surface area contributed by atoms with Gasteiger partial charge in [-0.25, -0.2) is 0 Å². The van der Waals surface area contributed by atoms with Crippen LogP contribution >= 0.6 is 18.5 Å². The summed E-state index contributed by atoms with van der Waals surface area (Å²) in [6.45, 7) is 0. The second-order valence-corrected chi connectivity index (χ2v) is 4.45. The molecule has 3 heteroatoms. The molecule has 0 spiro atoms. The van der Waals surface area contributed by atoms with Crippen molar-refractivity contribution in [3.8, 4) is 11.3 Å². The molecule has 1 nitrogen and oxygen atoms in total. The van der Waals surface area contributed by atoms with Gasteiger partial charge in [-0.2, -0.15) is 0 Å². The molecule has 0 bridgehead atoms. The zero-order chi connectivity index (χ0) is 10.7. The zero-order valence-corrected chi connectivity index (χ0v) is 10.7. The molecule has 0 aliphatic heterocycles. The number of benzene rings is 1. The van der Waals surface area contributed by atoms with Gasteiger partial charge in [-0.3, -0.25) is 4.98 Å². The van der Waals surface area contributed by atoms with E-state index < -0.39 is 0 Å². The van der Waals surface area contributed by atoms with Crippen LogP contribution in [0.4, 0.5) is 0 Å². The van der Waals surface area contributed by atoms with Gasteiger partial charge in [-0.1, -0.05) is 30.3 Å². The topological polar surface area (TPSA) is 12.9 Å². The monoisotopic (exact) mass is 233 g/mol. The van der Waals surface area contributed by atoms with Crippen LogP contribution in [0.2, 0.25) is 0 Å². The van der Waals surface area contributed by atoms with E-state index in [1.165, 1.54) is 10.9 Å². The second kappa shape index (κ2) is 4.84. The van der Waals surface area contributed by atoms with Gasteiger partial charge in [0, 0.05) is 11.8 Å². The molecule has 1 aromatic carbocycles. The predicted octanol–water partition coefficient (Wildman–Crippen LogP) is 2.62. The maximum atomic E-state index is 4.43. The molecule has 15 heavy (non-hydrogen) atoms. The Kier molecular flexibility index (Phi) is 3.46. The number of pyridine rings is 1. The van der Waals surface area contributed by atoms with Crippen molar-refractivity contribution in [3.05, 3.63) is 48.2 Å². The van der Waals surface area contributed by atoms with E-state index >= 15 is 0 Å². The Labute approximate surface area is 94.7 Å². The summed E-state index contributed by atoms with van der Waals surface area (Å²) in [5.74, 6) is 0. The fourth-order valence-electron chi connectivity index (χ4n) is 1.37. The summed E-state index contributed by atoms with van der Waals surface area (Å²) in [6, 6.07) is 12.5. The molecular formula is C12H13NP2. The molecule has 2 rings (SSSR count). The maximum absolute atomic E-state index is 4.43. The SMILES string of the molecule is PCc1ccc(-c2ccc(P)cc2)nc1. The molecule has 0 saturated heterocycles. The van der Waals surface area contributed by atoms with Crippen LogP contribution in [0.5, 0.6) is 0 Å². The molecule has 2 aromatic rings. The summed E-state index contributed by atoms with van der Waals surface area (Å²) in [6.07, 6.45) is 2.88. The minimum Gasteiger partial charge on any atom is -0.256 e. The highest BCUT2D eigenvalue weighted by atomic mass is 31.0. The van der Waals surface area contributed by atoms with Crippen LogP contribution < -0.4 is 5.30 Å².